The lowest BCUT2D eigenvalue weighted by Crippen LogP contribution is -2.40. The van der Waals surface area contributed by atoms with Crippen molar-refractivity contribution in [2.45, 2.75) is 12.6 Å². The van der Waals surface area contributed by atoms with E-state index in [1.807, 2.05) is 47.8 Å². The fraction of sp³-hybridized carbons (Fsp3) is 0.294. The number of aliphatic carboxylic acids is 1. The lowest BCUT2D eigenvalue weighted by atomic mass is 10.2. The zero-order valence-electron chi connectivity index (χ0n) is 13.5. The Bertz CT molecular complexity index is 652. The molecule has 136 valence electrons. The average Bonchev–Trinajstić information content (AvgIpc) is 3.08. The van der Waals surface area contributed by atoms with E-state index < -0.39 is 18.6 Å². The number of amides is 1. The van der Waals surface area contributed by atoms with Gasteiger partial charge in [-0.1, -0.05) is 36.4 Å². The molecule has 0 saturated heterocycles. The van der Waals surface area contributed by atoms with Gasteiger partial charge < -0.3 is 15.5 Å². The Morgan fingerprint density at radius 1 is 1.16 bits per heavy atom. The Morgan fingerprint density at radius 2 is 1.88 bits per heavy atom. The van der Waals surface area contributed by atoms with Gasteiger partial charge in [-0.25, -0.2) is 0 Å². The highest BCUT2D eigenvalue weighted by molar-refractivity contribution is 7.10. The van der Waals surface area contributed by atoms with Gasteiger partial charge in [0.05, 0.1) is 6.54 Å². The van der Waals surface area contributed by atoms with E-state index in [1.54, 1.807) is 4.90 Å². The molecule has 1 heterocycles. The number of halogens is 1. The molecule has 0 aliphatic carbocycles. The maximum absolute atomic E-state index is 11.9. The monoisotopic (exact) mass is 384 g/mol. The van der Waals surface area contributed by atoms with Gasteiger partial charge in [0, 0.05) is 18.0 Å². The molecule has 1 amide bonds. The van der Waals surface area contributed by atoms with Gasteiger partial charge in [-0.3, -0.25) is 14.5 Å². The molecule has 8 heteroatoms. The van der Waals surface area contributed by atoms with Gasteiger partial charge in [0.25, 0.3) is 0 Å². The number of carbonyl (C=O) groups is 2. The summed E-state index contributed by atoms with van der Waals surface area (Å²) in [6.45, 7) is 0.385. The summed E-state index contributed by atoms with van der Waals surface area (Å²) in [4.78, 5) is 25.1. The number of hydrogen-bond acceptors (Lipinski definition) is 5. The minimum Gasteiger partial charge on any atom is -0.480 e. The molecule has 0 aliphatic rings. The average molecular weight is 385 g/mol. The van der Waals surface area contributed by atoms with Crippen LogP contribution in [0.15, 0.2) is 47.8 Å². The normalized spacial score (nSPS) is 11.6. The summed E-state index contributed by atoms with van der Waals surface area (Å²) in [5.41, 5.74) is 1.02. The zero-order chi connectivity index (χ0) is 17.4. The first-order valence-corrected chi connectivity index (χ1v) is 8.39. The molecule has 0 fully saturated rings. The minimum atomic E-state index is -1.09. The van der Waals surface area contributed by atoms with Crippen molar-refractivity contribution in [3.05, 3.63) is 58.3 Å². The number of benzene rings is 1. The Kier molecular flexibility index (Phi) is 9.15. The maximum Gasteiger partial charge on any atom is 0.322 e. The van der Waals surface area contributed by atoms with E-state index in [2.05, 4.69) is 5.32 Å². The summed E-state index contributed by atoms with van der Waals surface area (Å²) >= 11 is 1.46. The van der Waals surface area contributed by atoms with Crippen LogP contribution < -0.4 is 5.32 Å². The molecule has 2 rings (SSSR count). The molecule has 2 aromatic rings. The Balaban J connectivity index is 0.00000312. The van der Waals surface area contributed by atoms with Gasteiger partial charge in [-0.2, -0.15) is 0 Å². The standard InChI is InChI=1S/C17H20N2O4S.ClH/c20-14(15-7-4-8-24-15)11-19(10-13-5-2-1-3-6-13)12-16(21)18-9-17(22)23;/h1-8,14,20H,9-12H2,(H,18,21)(H,22,23);1H. The van der Waals surface area contributed by atoms with E-state index in [9.17, 15) is 14.7 Å². The molecular formula is C17H21ClN2O4S. The van der Waals surface area contributed by atoms with E-state index in [0.29, 0.717) is 6.54 Å². The second kappa shape index (κ2) is 10.8. The molecule has 0 radical (unpaired) electrons. The zero-order valence-corrected chi connectivity index (χ0v) is 15.1. The van der Waals surface area contributed by atoms with Crippen LogP contribution in [0, 0.1) is 0 Å². The number of hydrogen-bond donors (Lipinski definition) is 3. The topological polar surface area (TPSA) is 89.9 Å². The molecule has 6 nitrogen and oxygen atoms in total. The number of carboxylic acids is 1. The van der Waals surface area contributed by atoms with Gasteiger partial charge in [0.15, 0.2) is 0 Å². The molecular weight excluding hydrogens is 364 g/mol. The van der Waals surface area contributed by atoms with Crippen molar-refractivity contribution in [2.75, 3.05) is 19.6 Å². The SMILES string of the molecule is Cl.O=C(O)CNC(=O)CN(Cc1ccccc1)CC(O)c1cccs1. The van der Waals surface area contributed by atoms with Crippen LogP contribution in [0.25, 0.3) is 0 Å². The van der Waals surface area contributed by atoms with Crippen LogP contribution in [0.5, 0.6) is 0 Å². The maximum atomic E-state index is 11.9. The molecule has 25 heavy (non-hydrogen) atoms. The highest BCUT2D eigenvalue weighted by atomic mass is 35.5. The van der Waals surface area contributed by atoms with Gasteiger partial charge >= 0.3 is 5.97 Å². The largest absolute Gasteiger partial charge is 0.480 e. The van der Waals surface area contributed by atoms with Crippen LogP contribution in [0.3, 0.4) is 0 Å². The molecule has 1 aromatic heterocycles. The second-order valence-corrected chi connectivity index (χ2v) is 6.34. The van der Waals surface area contributed by atoms with E-state index in [-0.39, 0.29) is 31.4 Å². The van der Waals surface area contributed by atoms with Gasteiger partial charge in [0.1, 0.15) is 12.6 Å². The van der Waals surface area contributed by atoms with Gasteiger partial charge in [-0.05, 0) is 17.0 Å². The summed E-state index contributed by atoms with van der Waals surface area (Å²) < 4.78 is 0. The molecule has 0 spiro atoms. The molecule has 0 aliphatic heterocycles. The highest BCUT2D eigenvalue weighted by Crippen LogP contribution is 2.20. The van der Waals surface area contributed by atoms with Crippen LogP contribution in [0.4, 0.5) is 0 Å². The predicted molar refractivity (Wildman–Crippen MR) is 98.9 cm³/mol. The van der Waals surface area contributed by atoms with Crippen molar-refractivity contribution in [2.24, 2.45) is 0 Å². The third-order valence-corrected chi connectivity index (χ3v) is 4.33. The molecule has 1 aromatic carbocycles. The highest BCUT2D eigenvalue weighted by Gasteiger charge is 2.18. The smallest absolute Gasteiger partial charge is 0.322 e. The lowest BCUT2D eigenvalue weighted by molar-refractivity contribution is -0.138. The van der Waals surface area contributed by atoms with Crippen molar-refractivity contribution in [3.8, 4) is 0 Å². The first-order valence-electron chi connectivity index (χ1n) is 7.51. The molecule has 1 unspecified atom stereocenters. The van der Waals surface area contributed by atoms with Crippen molar-refractivity contribution in [1.29, 1.82) is 0 Å². The number of thiophene rings is 1. The first kappa shape index (κ1) is 21.1. The van der Waals surface area contributed by atoms with Crippen LogP contribution >= 0.6 is 23.7 Å². The Morgan fingerprint density at radius 3 is 2.48 bits per heavy atom. The molecule has 0 saturated carbocycles. The van der Waals surface area contributed by atoms with E-state index in [0.717, 1.165) is 10.4 Å². The van der Waals surface area contributed by atoms with Crippen LogP contribution in [0.2, 0.25) is 0 Å². The Hall–Kier alpha value is -1.93. The van der Waals surface area contributed by atoms with Crippen LogP contribution in [-0.4, -0.2) is 46.6 Å². The summed E-state index contributed by atoms with van der Waals surface area (Å²) in [5.74, 6) is -1.47. The van der Waals surface area contributed by atoms with E-state index in [4.69, 9.17) is 5.11 Å². The molecule has 0 bridgehead atoms. The lowest BCUT2D eigenvalue weighted by Gasteiger charge is -2.24. The Labute approximate surface area is 156 Å². The molecule has 1 atom stereocenters. The van der Waals surface area contributed by atoms with E-state index in [1.165, 1.54) is 11.3 Å². The number of aliphatic hydroxyl groups excluding tert-OH is 1. The van der Waals surface area contributed by atoms with Crippen LogP contribution in [0.1, 0.15) is 16.5 Å². The fourth-order valence-corrected chi connectivity index (χ4v) is 2.98. The number of carboxylic acid groups (broad SMARTS) is 1. The number of nitrogens with zero attached hydrogens (tertiary/aromatic N) is 1. The molecule has 3 N–H and O–H groups in total. The van der Waals surface area contributed by atoms with Gasteiger partial charge in [-0.15, -0.1) is 23.7 Å². The number of rotatable bonds is 9. The predicted octanol–water partition coefficient (Wildman–Crippen LogP) is 1.91. The second-order valence-electron chi connectivity index (χ2n) is 5.36. The van der Waals surface area contributed by atoms with Crippen molar-refractivity contribution in [3.63, 3.8) is 0 Å². The van der Waals surface area contributed by atoms with Gasteiger partial charge in [0.2, 0.25) is 5.91 Å². The fourth-order valence-electron chi connectivity index (χ4n) is 2.28. The summed E-state index contributed by atoms with van der Waals surface area (Å²) in [6, 6.07) is 13.3. The van der Waals surface area contributed by atoms with E-state index >= 15 is 0 Å². The van der Waals surface area contributed by atoms with Crippen molar-refractivity contribution in [1.82, 2.24) is 10.2 Å². The van der Waals surface area contributed by atoms with Crippen LogP contribution in [-0.2, 0) is 16.1 Å². The van der Waals surface area contributed by atoms with Crippen molar-refractivity contribution >= 4 is 35.6 Å². The minimum absolute atomic E-state index is 0. The number of nitrogens with one attached hydrogen (secondary N) is 1. The summed E-state index contributed by atoms with van der Waals surface area (Å²) in [6.07, 6.45) is -0.694. The third kappa shape index (κ3) is 7.66. The first-order chi connectivity index (χ1) is 11.5. The summed E-state index contributed by atoms with van der Waals surface area (Å²) in [5, 5.41) is 23.2. The van der Waals surface area contributed by atoms with Crippen molar-refractivity contribution < 1.29 is 19.8 Å². The number of aliphatic hydroxyl groups is 1. The summed E-state index contributed by atoms with van der Waals surface area (Å²) in [7, 11) is 0. The quantitative estimate of drug-likeness (QED) is 0.614. The third-order valence-electron chi connectivity index (χ3n) is 3.36. The number of carbonyl (C=O) groups excluding carboxylic acids is 1.